The summed E-state index contributed by atoms with van der Waals surface area (Å²) >= 11 is 1.66. The van der Waals surface area contributed by atoms with Crippen molar-refractivity contribution in [1.29, 1.82) is 0 Å². The zero-order valence-corrected chi connectivity index (χ0v) is 15.8. The zero-order chi connectivity index (χ0) is 18.8. The number of hydrogen-bond acceptors (Lipinski definition) is 4. The molecule has 0 heterocycles. The van der Waals surface area contributed by atoms with Gasteiger partial charge in [0.25, 0.3) is 5.91 Å². The molecule has 0 saturated heterocycles. The predicted molar refractivity (Wildman–Crippen MR) is 106 cm³/mol. The van der Waals surface area contributed by atoms with Crippen molar-refractivity contribution in [3.05, 3.63) is 71.8 Å². The van der Waals surface area contributed by atoms with Crippen LogP contribution in [0, 0.1) is 0 Å². The molecule has 136 valence electrons. The molecule has 4 nitrogen and oxygen atoms in total. The molecule has 5 heteroatoms. The van der Waals surface area contributed by atoms with Gasteiger partial charge in [0.15, 0.2) is 6.61 Å². The lowest BCUT2D eigenvalue weighted by Crippen LogP contribution is -2.31. The number of hydrogen-bond donors (Lipinski definition) is 1. The van der Waals surface area contributed by atoms with Crippen molar-refractivity contribution in [2.45, 2.75) is 17.7 Å². The summed E-state index contributed by atoms with van der Waals surface area (Å²) in [6.07, 6.45) is 5.00. The molecule has 0 fully saturated rings. The molecule has 0 aromatic heterocycles. The quantitative estimate of drug-likeness (QED) is 0.436. The summed E-state index contributed by atoms with van der Waals surface area (Å²) in [5, 5.41) is 2.78. The normalized spacial score (nSPS) is 11.9. The Morgan fingerprint density at radius 3 is 2.46 bits per heavy atom. The Balaban J connectivity index is 1.70. The summed E-state index contributed by atoms with van der Waals surface area (Å²) in [7, 11) is 0. The first-order valence-electron chi connectivity index (χ1n) is 8.39. The first-order valence-corrected chi connectivity index (χ1v) is 9.61. The average molecular weight is 369 g/mol. The van der Waals surface area contributed by atoms with E-state index in [1.165, 1.54) is 6.08 Å². The van der Waals surface area contributed by atoms with Crippen LogP contribution in [0.1, 0.15) is 24.0 Å². The second-order valence-corrected chi connectivity index (χ2v) is 6.71. The highest BCUT2D eigenvalue weighted by molar-refractivity contribution is 7.98. The summed E-state index contributed by atoms with van der Waals surface area (Å²) in [4.78, 5) is 24.7. The molecule has 0 aliphatic rings. The molecule has 1 amide bonds. The monoisotopic (exact) mass is 369 g/mol. The number of benzene rings is 2. The molecule has 2 rings (SSSR count). The van der Waals surface area contributed by atoms with Crippen LogP contribution in [-0.2, 0) is 14.3 Å². The molecule has 0 aliphatic heterocycles. The van der Waals surface area contributed by atoms with E-state index in [4.69, 9.17) is 4.74 Å². The van der Waals surface area contributed by atoms with Gasteiger partial charge in [0, 0.05) is 17.5 Å². The maximum absolute atomic E-state index is 11.8. The van der Waals surface area contributed by atoms with Crippen LogP contribution in [0.5, 0.6) is 0 Å². The second kappa shape index (κ2) is 10.5. The van der Waals surface area contributed by atoms with Gasteiger partial charge in [-0.25, -0.2) is 4.79 Å². The average Bonchev–Trinajstić information content (AvgIpc) is 2.69. The Morgan fingerprint density at radius 1 is 1.12 bits per heavy atom. The molecule has 1 atom stereocenters. The summed E-state index contributed by atoms with van der Waals surface area (Å²) < 4.78 is 4.97. The molecule has 0 unspecified atom stereocenters. The van der Waals surface area contributed by atoms with E-state index >= 15 is 0 Å². The van der Waals surface area contributed by atoms with E-state index in [1.807, 2.05) is 67.8 Å². The lowest BCUT2D eigenvalue weighted by Gasteiger charge is -2.12. The third-order valence-corrected chi connectivity index (χ3v) is 4.59. The molecule has 0 spiro atoms. The van der Waals surface area contributed by atoms with Gasteiger partial charge in [-0.3, -0.25) is 4.79 Å². The molecule has 0 aliphatic carbocycles. The first kappa shape index (κ1) is 19.8. The van der Waals surface area contributed by atoms with Crippen molar-refractivity contribution in [3.63, 3.8) is 0 Å². The Bertz CT molecular complexity index is 742. The number of rotatable bonds is 8. The number of amides is 1. The van der Waals surface area contributed by atoms with Crippen molar-refractivity contribution >= 4 is 29.7 Å². The topological polar surface area (TPSA) is 55.4 Å². The Labute approximate surface area is 158 Å². The minimum absolute atomic E-state index is 0.194. The Morgan fingerprint density at radius 2 is 1.81 bits per heavy atom. The minimum Gasteiger partial charge on any atom is -0.452 e. The largest absolute Gasteiger partial charge is 0.452 e. The SMILES string of the molecule is CSc1ccc(/C=C/C(=O)OCC(=O)NC[C@@H](C)c2ccccc2)cc1. The number of thioether (sulfide) groups is 1. The van der Waals surface area contributed by atoms with E-state index < -0.39 is 5.97 Å². The van der Waals surface area contributed by atoms with E-state index in [0.29, 0.717) is 6.54 Å². The van der Waals surface area contributed by atoms with Crippen molar-refractivity contribution < 1.29 is 14.3 Å². The molecule has 0 bridgehead atoms. The van der Waals surface area contributed by atoms with Gasteiger partial charge in [-0.15, -0.1) is 11.8 Å². The van der Waals surface area contributed by atoms with E-state index in [1.54, 1.807) is 17.8 Å². The van der Waals surface area contributed by atoms with Crippen LogP contribution in [0.4, 0.5) is 0 Å². The molecule has 26 heavy (non-hydrogen) atoms. The summed E-state index contributed by atoms with van der Waals surface area (Å²) in [6.45, 7) is 2.25. The first-order chi connectivity index (χ1) is 12.6. The Kier molecular flexibility index (Phi) is 7.96. The third kappa shape index (κ3) is 6.76. The molecule has 0 saturated carbocycles. The van der Waals surface area contributed by atoms with Crippen molar-refractivity contribution in [3.8, 4) is 0 Å². The van der Waals surface area contributed by atoms with Crippen LogP contribution in [0.15, 0.2) is 65.6 Å². The van der Waals surface area contributed by atoms with E-state index in [-0.39, 0.29) is 18.4 Å². The smallest absolute Gasteiger partial charge is 0.331 e. The standard InChI is InChI=1S/C21H23NO3S/c1-16(18-6-4-3-5-7-18)14-22-20(23)15-25-21(24)13-10-17-8-11-19(26-2)12-9-17/h3-13,16H,14-15H2,1-2H3,(H,22,23)/b13-10+/t16-/m1/s1. The summed E-state index contributed by atoms with van der Waals surface area (Å²) in [5.41, 5.74) is 2.06. The fourth-order valence-corrected chi connectivity index (χ4v) is 2.69. The fourth-order valence-electron chi connectivity index (χ4n) is 2.28. The molecule has 1 N–H and O–H groups in total. The number of carbonyl (C=O) groups is 2. The second-order valence-electron chi connectivity index (χ2n) is 5.83. The number of esters is 1. The number of nitrogens with one attached hydrogen (secondary N) is 1. The van der Waals surface area contributed by atoms with Gasteiger partial charge in [-0.05, 0) is 41.5 Å². The van der Waals surface area contributed by atoms with Crippen LogP contribution >= 0.6 is 11.8 Å². The van der Waals surface area contributed by atoms with Crippen molar-refractivity contribution in [2.75, 3.05) is 19.4 Å². The lowest BCUT2D eigenvalue weighted by molar-refractivity contribution is -0.143. The van der Waals surface area contributed by atoms with Crippen LogP contribution in [-0.4, -0.2) is 31.3 Å². The van der Waals surface area contributed by atoms with Gasteiger partial charge in [0.1, 0.15) is 0 Å². The van der Waals surface area contributed by atoms with Gasteiger partial charge in [-0.1, -0.05) is 49.4 Å². The molecule has 0 radical (unpaired) electrons. The molecule has 2 aromatic carbocycles. The summed E-state index contributed by atoms with van der Waals surface area (Å²) in [6, 6.07) is 17.8. The van der Waals surface area contributed by atoms with Gasteiger partial charge in [0.05, 0.1) is 0 Å². The third-order valence-electron chi connectivity index (χ3n) is 3.85. The molecule has 2 aromatic rings. The van der Waals surface area contributed by atoms with E-state index in [9.17, 15) is 9.59 Å². The van der Waals surface area contributed by atoms with Gasteiger partial charge in [-0.2, -0.15) is 0 Å². The maximum atomic E-state index is 11.8. The number of carbonyl (C=O) groups excluding carboxylic acids is 2. The summed E-state index contributed by atoms with van der Waals surface area (Å²) in [5.74, 6) is -0.649. The Hall–Kier alpha value is -2.53. The van der Waals surface area contributed by atoms with Crippen molar-refractivity contribution in [1.82, 2.24) is 5.32 Å². The molecular formula is C21H23NO3S. The predicted octanol–water partition coefficient (Wildman–Crippen LogP) is 3.88. The van der Waals surface area contributed by atoms with Crippen LogP contribution < -0.4 is 5.32 Å². The van der Waals surface area contributed by atoms with Crippen LogP contribution in [0.2, 0.25) is 0 Å². The van der Waals surface area contributed by atoms with Gasteiger partial charge < -0.3 is 10.1 Å². The maximum Gasteiger partial charge on any atom is 0.331 e. The van der Waals surface area contributed by atoms with Gasteiger partial charge in [0.2, 0.25) is 0 Å². The highest BCUT2D eigenvalue weighted by Gasteiger charge is 2.09. The van der Waals surface area contributed by atoms with Crippen molar-refractivity contribution in [2.24, 2.45) is 0 Å². The van der Waals surface area contributed by atoms with E-state index in [2.05, 4.69) is 5.32 Å². The van der Waals surface area contributed by atoms with Crippen LogP contribution in [0.3, 0.4) is 0 Å². The zero-order valence-electron chi connectivity index (χ0n) is 15.0. The highest BCUT2D eigenvalue weighted by atomic mass is 32.2. The van der Waals surface area contributed by atoms with E-state index in [0.717, 1.165) is 16.0 Å². The fraction of sp³-hybridized carbons (Fsp3) is 0.238. The molecular weight excluding hydrogens is 346 g/mol. The number of ether oxygens (including phenoxy) is 1. The van der Waals surface area contributed by atoms with Crippen LogP contribution in [0.25, 0.3) is 6.08 Å². The highest BCUT2D eigenvalue weighted by Crippen LogP contribution is 2.15. The van der Waals surface area contributed by atoms with Gasteiger partial charge >= 0.3 is 5.97 Å². The minimum atomic E-state index is -0.537. The lowest BCUT2D eigenvalue weighted by atomic mass is 10.0.